The largest absolute Gasteiger partial charge is 0.299 e. The van der Waals surface area contributed by atoms with Crippen molar-refractivity contribution in [3.8, 4) is 0 Å². The second kappa shape index (κ2) is 7.28. The molecule has 0 saturated heterocycles. The molecule has 0 fully saturated rings. The molecule has 0 atom stereocenters. The van der Waals surface area contributed by atoms with E-state index >= 15 is 0 Å². The van der Waals surface area contributed by atoms with Crippen molar-refractivity contribution in [2.45, 2.75) is 33.1 Å². The van der Waals surface area contributed by atoms with Crippen LogP contribution in [0.25, 0.3) is 10.2 Å². The first-order valence-corrected chi connectivity index (χ1v) is 9.19. The van der Waals surface area contributed by atoms with Crippen molar-refractivity contribution in [2.75, 3.05) is 0 Å². The number of ketones is 2. The third-order valence-electron chi connectivity index (χ3n) is 4.10. The lowest BCUT2D eigenvalue weighted by molar-refractivity contribution is -0.120. The number of hydrogen-bond acceptors (Lipinski definition) is 4. The van der Waals surface area contributed by atoms with Crippen LogP contribution in [0.5, 0.6) is 0 Å². The number of para-hydroxylation sites is 1. The number of rotatable bonds is 7. The highest BCUT2D eigenvalue weighted by atomic mass is 32.1. The minimum Gasteiger partial charge on any atom is -0.299 e. The summed E-state index contributed by atoms with van der Waals surface area (Å²) in [6, 6.07) is 17.1. The molecule has 0 spiro atoms. The number of benzene rings is 2. The Hall–Kier alpha value is -2.33. The number of carbonyl (C=O) groups is 2. The van der Waals surface area contributed by atoms with E-state index in [4.69, 9.17) is 0 Å². The SMILES string of the molecule is CC(C)(CC(=O)CC(=O)c1ccccc1)Cc1nc2ccccc2s1. The second-order valence-electron chi connectivity index (χ2n) is 7.10. The van der Waals surface area contributed by atoms with Gasteiger partial charge < -0.3 is 0 Å². The summed E-state index contributed by atoms with van der Waals surface area (Å²) >= 11 is 1.67. The molecule has 3 aromatic rings. The Labute approximate surface area is 151 Å². The Balaban J connectivity index is 1.62. The molecule has 0 bridgehead atoms. The zero-order chi connectivity index (χ0) is 17.9. The molecule has 3 rings (SSSR count). The summed E-state index contributed by atoms with van der Waals surface area (Å²) in [7, 11) is 0. The standard InChI is InChI=1S/C21H21NO2S/c1-21(2,14-20-22-17-10-6-7-11-19(17)25-20)13-16(23)12-18(24)15-8-4-3-5-9-15/h3-11H,12-14H2,1-2H3. The average molecular weight is 351 g/mol. The van der Waals surface area contributed by atoms with Gasteiger partial charge >= 0.3 is 0 Å². The lowest BCUT2D eigenvalue weighted by atomic mass is 9.83. The van der Waals surface area contributed by atoms with Crippen molar-refractivity contribution in [3.63, 3.8) is 0 Å². The van der Waals surface area contributed by atoms with Gasteiger partial charge in [0.15, 0.2) is 5.78 Å². The molecule has 128 valence electrons. The fourth-order valence-corrected chi connectivity index (χ4v) is 4.19. The van der Waals surface area contributed by atoms with Crippen LogP contribution in [-0.2, 0) is 11.2 Å². The van der Waals surface area contributed by atoms with E-state index in [0.29, 0.717) is 12.0 Å². The summed E-state index contributed by atoms with van der Waals surface area (Å²) in [4.78, 5) is 29.2. The molecule has 0 unspecified atom stereocenters. The first-order chi connectivity index (χ1) is 11.9. The van der Waals surface area contributed by atoms with Gasteiger partial charge in [-0.05, 0) is 17.5 Å². The van der Waals surface area contributed by atoms with Crippen LogP contribution in [0.1, 0.15) is 42.1 Å². The first kappa shape index (κ1) is 17.5. The van der Waals surface area contributed by atoms with Crippen molar-refractivity contribution in [1.82, 2.24) is 4.98 Å². The number of nitrogens with zero attached hydrogens (tertiary/aromatic N) is 1. The lowest BCUT2D eigenvalue weighted by Crippen LogP contribution is -2.21. The van der Waals surface area contributed by atoms with Gasteiger partial charge in [0, 0.05) is 18.4 Å². The Bertz CT molecular complexity index is 863. The first-order valence-electron chi connectivity index (χ1n) is 8.37. The van der Waals surface area contributed by atoms with Crippen molar-refractivity contribution in [1.29, 1.82) is 0 Å². The molecule has 0 aliphatic rings. The molecule has 0 aliphatic heterocycles. The van der Waals surface area contributed by atoms with Crippen molar-refractivity contribution in [2.24, 2.45) is 5.41 Å². The van der Waals surface area contributed by atoms with Crippen LogP contribution >= 0.6 is 11.3 Å². The fourth-order valence-electron chi connectivity index (χ4n) is 2.97. The van der Waals surface area contributed by atoms with Gasteiger partial charge in [-0.1, -0.05) is 56.3 Å². The summed E-state index contributed by atoms with van der Waals surface area (Å²) in [6.45, 7) is 4.12. The summed E-state index contributed by atoms with van der Waals surface area (Å²) in [5.74, 6) is -0.124. The van der Waals surface area contributed by atoms with Crippen LogP contribution in [0.15, 0.2) is 54.6 Å². The van der Waals surface area contributed by atoms with Gasteiger partial charge in [0.25, 0.3) is 0 Å². The minimum absolute atomic E-state index is 0.0139. The number of aromatic nitrogens is 1. The number of carbonyl (C=O) groups excluding carboxylic acids is 2. The smallest absolute Gasteiger partial charge is 0.170 e. The average Bonchev–Trinajstić information content (AvgIpc) is 2.96. The minimum atomic E-state index is -0.220. The predicted octanol–water partition coefficient (Wildman–Crippen LogP) is 5.10. The Morgan fingerprint density at radius 3 is 2.40 bits per heavy atom. The fraction of sp³-hybridized carbons (Fsp3) is 0.286. The maximum atomic E-state index is 12.4. The topological polar surface area (TPSA) is 47.0 Å². The van der Waals surface area contributed by atoms with Crippen molar-refractivity contribution >= 4 is 33.1 Å². The third-order valence-corrected chi connectivity index (χ3v) is 5.13. The number of thiazole rings is 1. The van der Waals surface area contributed by atoms with Gasteiger partial charge in [-0.25, -0.2) is 4.98 Å². The van der Waals surface area contributed by atoms with Crippen LogP contribution in [0, 0.1) is 5.41 Å². The van der Waals surface area contributed by atoms with E-state index in [0.717, 1.165) is 16.9 Å². The highest BCUT2D eigenvalue weighted by Gasteiger charge is 2.25. The van der Waals surface area contributed by atoms with Crippen molar-refractivity contribution in [3.05, 3.63) is 65.2 Å². The summed E-state index contributed by atoms with van der Waals surface area (Å²) in [5.41, 5.74) is 1.38. The van der Waals surface area contributed by atoms with Gasteiger partial charge in [-0.2, -0.15) is 0 Å². The summed E-state index contributed by atoms with van der Waals surface area (Å²) in [6.07, 6.45) is 1.08. The van der Waals surface area contributed by atoms with Gasteiger partial charge in [0.2, 0.25) is 0 Å². The number of Topliss-reactive ketones (excluding diaryl/α,β-unsaturated/α-hetero) is 2. The van der Waals surface area contributed by atoms with Gasteiger partial charge in [0.1, 0.15) is 5.78 Å². The molecule has 0 saturated carbocycles. The van der Waals surface area contributed by atoms with Gasteiger partial charge in [-0.15, -0.1) is 11.3 Å². The highest BCUT2D eigenvalue weighted by molar-refractivity contribution is 7.18. The summed E-state index contributed by atoms with van der Waals surface area (Å²) < 4.78 is 1.17. The quantitative estimate of drug-likeness (QED) is 0.439. The molecule has 0 radical (unpaired) electrons. The Morgan fingerprint density at radius 2 is 1.68 bits per heavy atom. The summed E-state index contributed by atoms with van der Waals surface area (Å²) in [5, 5.41) is 1.04. The van der Waals surface area contributed by atoms with Gasteiger partial charge in [0.05, 0.1) is 21.6 Å². The van der Waals surface area contributed by atoms with E-state index < -0.39 is 0 Å². The Kier molecular flexibility index (Phi) is 5.09. The van der Waals surface area contributed by atoms with E-state index in [1.54, 1.807) is 23.5 Å². The molecule has 2 aromatic carbocycles. The molecule has 25 heavy (non-hydrogen) atoms. The zero-order valence-electron chi connectivity index (χ0n) is 14.5. The second-order valence-corrected chi connectivity index (χ2v) is 8.21. The molecule has 0 amide bonds. The van der Waals surface area contributed by atoms with E-state index in [2.05, 4.69) is 24.9 Å². The van der Waals surface area contributed by atoms with E-state index in [1.165, 1.54) is 4.70 Å². The molecular weight excluding hydrogens is 330 g/mol. The molecule has 1 heterocycles. The molecule has 4 heteroatoms. The highest BCUT2D eigenvalue weighted by Crippen LogP contribution is 2.31. The Morgan fingerprint density at radius 1 is 1.00 bits per heavy atom. The van der Waals surface area contributed by atoms with Crippen LogP contribution in [0.4, 0.5) is 0 Å². The van der Waals surface area contributed by atoms with Crippen LogP contribution in [0.3, 0.4) is 0 Å². The van der Waals surface area contributed by atoms with Gasteiger partial charge in [-0.3, -0.25) is 9.59 Å². The molecule has 0 aliphatic carbocycles. The molecular formula is C21H21NO2S. The normalized spacial score (nSPS) is 11.6. The maximum Gasteiger partial charge on any atom is 0.170 e. The van der Waals surface area contributed by atoms with Crippen molar-refractivity contribution < 1.29 is 9.59 Å². The molecule has 0 N–H and O–H groups in total. The van der Waals surface area contributed by atoms with E-state index in [9.17, 15) is 9.59 Å². The van der Waals surface area contributed by atoms with E-state index in [1.807, 2.05) is 36.4 Å². The number of hydrogen-bond donors (Lipinski definition) is 0. The molecule has 3 nitrogen and oxygen atoms in total. The predicted molar refractivity (Wildman–Crippen MR) is 102 cm³/mol. The van der Waals surface area contributed by atoms with Crippen LogP contribution in [0.2, 0.25) is 0 Å². The number of fused-ring (bicyclic) bond motifs is 1. The van der Waals surface area contributed by atoms with Crippen LogP contribution in [-0.4, -0.2) is 16.6 Å². The molecule has 1 aromatic heterocycles. The zero-order valence-corrected chi connectivity index (χ0v) is 15.3. The maximum absolute atomic E-state index is 12.4. The van der Waals surface area contributed by atoms with E-state index in [-0.39, 0.29) is 23.4 Å². The monoisotopic (exact) mass is 351 g/mol. The van der Waals surface area contributed by atoms with Crippen LogP contribution < -0.4 is 0 Å². The third kappa shape index (κ3) is 4.60. The lowest BCUT2D eigenvalue weighted by Gasteiger charge is -2.22.